The molecule has 3 heteroatoms. The number of rotatable bonds is 4. The van der Waals surface area contributed by atoms with Crippen LogP contribution in [0.15, 0.2) is 84.7 Å². The van der Waals surface area contributed by atoms with Crippen LogP contribution in [0.4, 0.5) is 0 Å². The predicted octanol–water partition coefficient (Wildman–Crippen LogP) is 10.4. The van der Waals surface area contributed by atoms with Crippen molar-refractivity contribution in [1.82, 2.24) is 0 Å². The van der Waals surface area contributed by atoms with Crippen LogP contribution in [-0.4, -0.2) is 24.2 Å². The molecule has 0 amide bonds. The summed E-state index contributed by atoms with van der Waals surface area (Å²) in [6.07, 6.45) is 14.1. The molecule has 3 aromatic rings. The maximum absolute atomic E-state index is 14.5. The predicted molar refractivity (Wildman–Crippen MR) is 188 cm³/mol. The molecule has 1 saturated heterocycles. The molecule has 6 unspecified atom stereocenters. The number of fused-ring (bicyclic) bond motifs is 7. The van der Waals surface area contributed by atoms with E-state index in [1.165, 1.54) is 46.7 Å². The lowest BCUT2D eigenvalue weighted by atomic mass is 9.61. The summed E-state index contributed by atoms with van der Waals surface area (Å²) < 4.78 is 6.18. The molecule has 1 fully saturated rings. The van der Waals surface area contributed by atoms with Gasteiger partial charge in [-0.2, -0.15) is 0 Å². The SMILES string of the molecule is CO/C(=C(\C(=O)C(C)(C)C)c1ccc2ccccc2c1-c1ccc2cc1C(C)C13C=CC(C1)P2C1CC=CC3C1)C(C)(C)C. The molecule has 228 valence electrons. The van der Waals surface area contributed by atoms with Crippen molar-refractivity contribution >= 4 is 35.4 Å². The number of methoxy groups -OCH3 is 1. The molecule has 0 radical (unpaired) electrons. The van der Waals surface area contributed by atoms with E-state index in [9.17, 15) is 4.79 Å². The maximum Gasteiger partial charge on any atom is 0.172 e. The third-order valence-corrected chi connectivity index (χ3v) is 14.2. The largest absolute Gasteiger partial charge is 0.500 e. The molecule has 3 aromatic carbocycles. The Morgan fingerprint density at radius 2 is 1.73 bits per heavy atom. The van der Waals surface area contributed by atoms with E-state index in [0.29, 0.717) is 23.1 Å². The molecular formula is C41H47O2P. The van der Waals surface area contributed by atoms with Crippen LogP contribution >= 0.6 is 7.92 Å². The molecule has 6 atom stereocenters. The van der Waals surface area contributed by atoms with E-state index >= 15 is 0 Å². The van der Waals surface area contributed by atoms with Crippen LogP contribution in [0.3, 0.4) is 0 Å². The average Bonchev–Trinajstić information content (AvgIpc) is 3.41. The van der Waals surface area contributed by atoms with E-state index in [4.69, 9.17) is 4.74 Å². The molecule has 0 aromatic heterocycles. The monoisotopic (exact) mass is 602 g/mol. The minimum absolute atomic E-state index is 0.117. The summed E-state index contributed by atoms with van der Waals surface area (Å²) in [5, 5.41) is 3.95. The molecule has 7 bridgehead atoms. The standard InChI is InChI=1S/C41H47O2P/c1-25-34-23-29(44-28-14-11-13-27(22-28)41(25)21-20-30(44)24-41)17-19-32(34)35-31-15-10-9-12-26(31)16-18-33(35)36(37(42)39(2,3)4)38(43-8)40(5,6)7/h9-13,15-21,23,25,27-28,30H,14,22,24H2,1-8H3/b38-36-. The lowest BCUT2D eigenvalue weighted by Gasteiger charge is -2.42. The number of hydrogen-bond acceptors (Lipinski definition) is 2. The van der Waals surface area contributed by atoms with Gasteiger partial charge in [-0.05, 0) is 75.1 Å². The summed E-state index contributed by atoms with van der Waals surface area (Å²) in [5.74, 6) is 1.80. The summed E-state index contributed by atoms with van der Waals surface area (Å²) in [4.78, 5) is 14.5. The van der Waals surface area contributed by atoms with Crippen molar-refractivity contribution in [2.45, 2.75) is 85.0 Å². The van der Waals surface area contributed by atoms with Crippen LogP contribution in [-0.2, 0) is 9.53 Å². The Bertz CT molecular complexity index is 1760. The Morgan fingerprint density at radius 3 is 2.45 bits per heavy atom. The number of Topliss-reactive ketones (excluding diaryl/α,β-unsaturated/α-hetero) is 1. The lowest BCUT2D eigenvalue weighted by Crippen LogP contribution is -2.34. The second-order valence-corrected chi connectivity index (χ2v) is 18.5. The summed E-state index contributed by atoms with van der Waals surface area (Å²) in [6, 6.07) is 20.6. The van der Waals surface area contributed by atoms with Gasteiger partial charge in [-0.3, -0.25) is 4.79 Å². The van der Waals surface area contributed by atoms with Gasteiger partial charge in [-0.25, -0.2) is 0 Å². The lowest BCUT2D eigenvalue weighted by molar-refractivity contribution is -0.120. The molecule has 2 heterocycles. The van der Waals surface area contributed by atoms with Gasteiger partial charge in [0, 0.05) is 21.9 Å². The second kappa shape index (κ2) is 10.3. The summed E-state index contributed by atoms with van der Waals surface area (Å²) in [5.41, 5.74) is 6.25. The molecule has 7 rings (SSSR count). The van der Waals surface area contributed by atoms with E-state index in [0.717, 1.165) is 17.0 Å². The van der Waals surface area contributed by atoms with Crippen LogP contribution in [0.5, 0.6) is 0 Å². The minimum Gasteiger partial charge on any atom is -0.500 e. The quantitative estimate of drug-likeness (QED) is 0.129. The first-order valence-electron chi connectivity index (χ1n) is 16.5. The second-order valence-electron chi connectivity index (χ2n) is 15.7. The van der Waals surface area contributed by atoms with Crippen molar-refractivity contribution in [2.75, 3.05) is 7.11 Å². The fourth-order valence-corrected chi connectivity index (χ4v) is 12.4. The average molecular weight is 603 g/mol. The summed E-state index contributed by atoms with van der Waals surface area (Å²) >= 11 is 0. The van der Waals surface area contributed by atoms with Gasteiger partial charge in [-0.1, -0.05) is 135 Å². The van der Waals surface area contributed by atoms with Gasteiger partial charge in [0.25, 0.3) is 0 Å². The minimum atomic E-state index is -0.569. The first-order valence-corrected chi connectivity index (χ1v) is 18.0. The fraction of sp³-hybridized carbons (Fsp3) is 0.439. The molecule has 2 nitrogen and oxygen atoms in total. The molecule has 0 spiro atoms. The number of carbonyl (C=O) groups is 1. The summed E-state index contributed by atoms with van der Waals surface area (Å²) in [6.45, 7) is 15.0. The number of carbonyl (C=O) groups excluding carboxylic acids is 1. The Morgan fingerprint density at radius 1 is 0.955 bits per heavy atom. The Kier molecular flexibility index (Phi) is 6.95. The van der Waals surface area contributed by atoms with Gasteiger partial charge < -0.3 is 4.74 Å². The smallest absolute Gasteiger partial charge is 0.172 e. The number of ketones is 1. The van der Waals surface area contributed by atoms with Crippen LogP contribution < -0.4 is 5.30 Å². The van der Waals surface area contributed by atoms with E-state index in [2.05, 4.69) is 107 Å². The van der Waals surface area contributed by atoms with Gasteiger partial charge in [-0.15, -0.1) is 0 Å². The first-order chi connectivity index (χ1) is 20.8. The van der Waals surface area contributed by atoms with Crippen molar-refractivity contribution in [3.8, 4) is 11.1 Å². The van der Waals surface area contributed by atoms with Crippen molar-refractivity contribution in [3.05, 3.63) is 95.8 Å². The summed E-state index contributed by atoms with van der Waals surface area (Å²) in [7, 11) is 1.45. The highest BCUT2D eigenvalue weighted by Crippen LogP contribution is 2.68. The van der Waals surface area contributed by atoms with Crippen molar-refractivity contribution in [1.29, 1.82) is 0 Å². The molecule has 2 aliphatic carbocycles. The van der Waals surface area contributed by atoms with Crippen LogP contribution in [0.25, 0.3) is 27.5 Å². The first kappa shape index (κ1) is 29.7. The van der Waals surface area contributed by atoms with Crippen molar-refractivity contribution < 1.29 is 9.53 Å². The fourth-order valence-electron chi connectivity index (χ4n) is 8.93. The topological polar surface area (TPSA) is 26.3 Å². The van der Waals surface area contributed by atoms with E-state index in [1.54, 1.807) is 12.4 Å². The zero-order valence-electron chi connectivity index (χ0n) is 27.7. The van der Waals surface area contributed by atoms with Crippen LogP contribution in [0.1, 0.15) is 84.8 Å². The van der Waals surface area contributed by atoms with E-state index in [1.807, 2.05) is 20.8 Å². The zero-order valence-corrected chi connectivity index (χ0v) is 28.6. The Hall–Kier alpha value is -2.96. The molecule has 4 aliphatic rings. The van der Waals surface area contributed by atoms with Gasteiger partial charge in [0.1, 0.15) is 5.76 Å². The molecule has 0 saturated carbocycles. The molecular weight excluding hydrogens is 555 g/mol. The molecule has 44 heavy (non-hydrogen) atoms. The zero-order chi connectivity index (χ0) is 31.2. The number of hydrogen-bond donors (Lipinski definition) is 0. The van der Waals surface area contributed by atoms with Crippen LogP contribution in [0.2, 0.25) is 0 Å². The highest BCUT2D eigenvalue weighted by Gasteiger charge is 2.54. The van der Waals surface area contributed by atoms with Crippen molar-refractivity contribution in [2.24, 2.45) is 22.2 Å². The third-order valence-electron chi connectivity index (χ3n) is 11.0. The number of allylic oxidation sites excluding steroid dienone is 6. The Labute approximate surface area is 265 Å². The van der Waals surface area contributed by atoms with Gasteiger partial charge >= 0.3 is 0 Å². The molecule has 0 N–H and O–H groups in total. The normalized spacial score (nSPS) is 29.2. The van der Waals surface area contributed by atoms with Crippen LogP contribution in [0, 0.1) is 22.2 Å². The van der Waals surface area contributed by atoms with E-state index in [-0.39, 0.29) is 24.5 Å². The molecule has 2 aliphatic heterocycles. The highest BCUT2D eigenvalue weighted by molar-refractivity contribution is 7.67. The number of benzene rings is 3. The van der Waals surface area contributed by atoms with E-state index < -0.39 is 5.41 Å². The third kappa shape index (κ3) is 4.42. The Balaban J connectivity index is 1.57. The van der Waals surface area contributed by atoms with Gasteiger partial charge in [0.05, 0.1) is 12.7 Å². The maximum atomic E-state index is 14.5. The highest BCUT2D eigenvalue weighted by atomic mass is 31.1. The van der Waals surface area contributed by atoms with Gasteiger partial charge in [0.2, 0.25) is 0 Å². The van der Waals surface area contributed by atoms with Gasteiger partial charge in [0.15, 0.2) is 5.78 Å². The van der Waals surface area contributed by atoms with Crippen molar-refractivity contribution in [3.63, 3.8) is 0 Å². The number of ether oxygens (including phenoxy) is 1.